The summed E-state index contributed by atoms with van der Waals surface area (Å²) in [6, 6.07) is -0.492. The molecule has 0 aromatic rings. The number of fused-ring (bicyclic) bond motifs is 1. The Hall–Kier alpha value is -1.46. The van der Waals surface area contributed by atoms with Crippen LogP contribution in [0.25, 0.3) is 0 Å². The lowest BCUT2D eigenvalue weighted by atomic mass is 9.70. The first kappa shape index (κ1) is 11.0. The summed E-state index contributed by atoms with van der Waals surface area (Å²) in [4.78, 5) is 22.9. The maximum atomic E-state index is 11.5. The van der Waals surface area contributed by atoms with Gasteiger partial charge in [-0.3, -0.25) is 0 Å². The summed E-state index contributed by atoms with van der Waals surface area (Å²) in [5.41, 5.74) is -0.756. The first-order valence-corrected chi connectivity index (χ1v) is 5.40. The monoisotopic (exact) mass is 226 g/mol. The molecule has 4 N–H and O–H groups in total. The molecule has 0 unspecified atom stereocenters. The molecule has 0 aromatic heterocycles. The van der Waals surface area contributed by atoms with Crippen LogP contribution in [0.15, 0.2) is 0 Å². The molecule has 2 saturated heterocycles. The van der Waals surface area contributed by atoms with Crippen molar-refractivity contribution in [2.75, 3.05) is 0 Å². The van der Waals surface area contributed by atoms with Gasteiger partial charge < -0.3 is 21.3 Å². The van der Waals surface area contributed by atoms with E-state index >= 15 is 0 Å². The topological polar surface area (TPSA) is 82.3 Å². The molecule has 6 nitrogen and oxygen atoms in total. The second-order valence-corrected chi connectivity index (χ2v) is 5.60. The van der Waals surface area contributed by atoms with Crippen molar-refractivity contribution >= 4 is 12.1 Å². The van der Waals surface area contributed by atoms with E-state index < -0.39 is 0 Å². The van der Waals surface area contributed by atoms with Gasteiger partial charge in [0.25, 0.3) is 0 Å². The first-order chi connectivity index (χ1) is 7.22. The van der Waals surface area contributed by atoms with Crippen LogP contribution in [0.1, 0.15) is 27.7 Å². The summed E-state index contributed by atoms with van der Waals surface area (Å²) in [7, 11) is 0. The van der Waals surface area contributed by atoms with Crippen LogP contribution in [-0.2, 0) is 0 Å². The summed E-state index contributed by atoms with van der Waals surface area (Å²) in [6.07, 6.45) is -0.326. The molecule has 0 saturated carbocycles. The highest BCUT2D eigenvalue weighted by molar-refractivity contribution is 5.81. The van der Waals surface area contributed by atoms with E-state index in [1.54, 1.807) is 0 Å². The molecule has 0 aromatic carbocycles. The molecule has 90 valence electrons. The smallest absolute Gasteiger partial charge is 0.316 e. The second kappa shape index (κ2) is 3.02. The Morgan fingerprint density at radius 2 is 1.25 bits per heavy atom. The molecule has 2 aliphatic heterocycles. The molecule has 0 aliphatic carbocycles. The summed E-state index contributed by atoms with van der Waals surface area (Å²) in [5, 5.41) is 11.2. The van der Waals surface area contributed by atoms with E-state index in [0.29, 0.717) is 0 Å². The molecule has 16 heavy (non-hydrogen) atoms. The molecule has 0 radical (unpaired) electrons. The summed E-state index contributed by atoms with van der Waals surface area (Å²) in [5.74, 6) is 0.0652. The number of carbonyl (C=O) groups excluding carboxylic acids is 2. The van der Waals surface area contributed by atoms with E-state index in [2.05, 4.69) is 21.3 Å². The van der Waals surface area contributed by atoms with Crippen LogP contribution in [0, 0.1) is 5.92 Å². The summed E-state index contributed by atoms with van der Waals surface area (Å²) in [6.45, 7) is 7.85. The minimum absolute atomic E-state index is 0.0652. The number of rotatable bonds is 0. The molecule has 0 bridgehead atoms. The van der Waals surface area contributed by atoms with Gasteiger partial charge in [0, 0.05) is 17.0 Å². The van der Waals surface area contributed by atoms with E-state index in [1.165, 1.54) is 0 Å². The quantitative estimate of drug-likeness (QED) is 0.473. The van der Waals surface area contributed by atoms with Crippen LogP contribution in [0.2, 0.25) is 0 Å². The van der Waals surface area contributed by atoms with Crippen molar-refractivity contribution in [2.24, 2.45) is 5.92 Å². The van der Waals surface area contributed by atoms with E-state index in [1.807, 2.05) is 27.7 Å². The minimum Gasteiger partial charge on any atom is -0.333 e. The lowest BCUT2D eigenvalue weighted by molar-refractivity contribution is 0.0574. The van der Waals surface area contributed by atoms with Gasteiger partial charge in [0.15, 0.2) is 0 Å². The minimum atomic E-state index is -0.378. The van der Waals surface area contributed by atoms with Crippen molar-refractivity contribution in [3.8, 4) is 0 Å². The van der Waals surface area contributed by atoms with Gasteiger partial charge in [0.05, 0.1) is 0 Å². The van der Waals surface area contributed by atoms with Crippen LogP contribution in [0.5, 0.6) is 0 Å². The van der Waals surface area contributed by atoms with Gasteiger partial charge in [-0.25, -0.2) is 9.59 Å². The zero-order valence-electron chi connectivity index (χ0n) is 9.97. The average Bonchev–Trinajstić information content (AvgIpc) is 1.94. The third-order valence-corrected chi connectivity index (χ3v) is 3.33. The van der Waals surface area contributed by atoms with Crippen LogP contribution in [0.4, 0.5) is 9.59 Å². The van der Waals surface area contributed by atoms with Crippen LogP contribution in [0.3, 0.4) is 0 Å². The molecule has 2 heterocycles. The average molecular weight is 226 g/mol. The Bertz CT molecular complexity index is 319. The number of carbonyl (C=O) groups is 2. The molecular formula is C10H18N4O2. The van der Waals surface area contributed by atoms with Gasteiger partial charge in [-0.1, -0.05) is 0 Å². The van der Waals surface area contributed by atoms with Gasteiger partial charge in [-0.15, -0.1) is 0 Å². The third-order valence-electron chi connectivity index (χ3n) is 3.33. The van der Waals surface area contributed by atoms with E-state index in [4.69, 9.17) is 0 Å². The van der Waals surface area contributed by atoms with Crippen molar-refractivity contribution in [3.05, 3.63) is 0 Å². The molecule has 0 spiro atoms. The van der Waals surface area contributed by atoms with Crippen LogP contribution in [-0.4, -0.2) is 29.3 Å². The molecule has 6 heteroatoms. The maximum absolute atomic E-state index is 11.5. The largest absolute Gasteiger partial charge is 0.333 e. The standard InChI is InChI=1S/C10H18N4O2/c1-9(2)5-6(11-7(15)13-9)12-8(16)14-10(5,3)4/h5-6H,1-4H3,(H2,11,13,15)(H2,12,14,16). The molecule has 2 aliphatic rings. The molecule has 0 atom stereocenters. The van der Waals surface area contributed by atoms with E-state index in [-0.39, 0.29) is 35.2 Å². The van der Waals surface area contributed by atoms with Crippen molar-refractivity contribution in [3.63, 3.8) is 0 Å². The van der Waals surface area contributed by atoms with Gasteiger partial charge in [0.1, 0.15) is 6.17 Å². The first-order valence-electron chi connectivity index (χ1n) is 5.40. The molecule has 2 fully saturated rings. The predicted octanol–water partition coefficient (Wildman–Crippen LogP) is 0.112. The van der Waals surface area contributed by atoms with E-state index in [9.17, 15) is 9.59 Å². The predicted molar refractivity (Wildman–Crippen MR) is 58.8 cm³/mol. The van der Waals surface area contributed by atoms with Crippen LogP contribution >= 0.6 is 0 Å². The fourth-order valence-electron chi connectivity index (χ4n) is 3.03. The lowest BCUT2D eigenvalue weighted by Gasteiger charge is -2.54. The van der Waals surface area contributed by atoms with Crippen molar-refractivity contribution in [1.29, 1.82) is 0 Å². The number of hydrogen-bond donors (Lipinski definition) is 4. The fraction of sp³-hybridized carbons (Fsp3) is 0.800. The number of nitrogens with one attached hydrogen (secondary N) is 4. The van der Waals surface area contributed by atoms with Gasteiger partial charge in [-0.05, 0) is 27.7 Å². The summed E-state index contributed by atoms with van der Waals surface area (Å²) < 4.78 is 0. The fourth-order valence-corrected chi connectivity index (χ4v) is 3.03. The molecule has 4 amide bonds. The normalized spacial score (nSPS) is 35.0. The number of amides is 4. The van der Waals surface area contributed by atoms with E-state index in [0.717, 1.165) is 0 Å². The number of hydrogen-bond acceptors (Lipinski definition) is 2. The maximum Gasteiger partial charge on any atom is 0.316 e. The number of urea groups is 2. The van der Waals surface area contributed by atoms with Gasteiger partial charge in [-0.2, -0.15) is 0 Å². The summed E-state index contributed by atoms with van der Waals surface area (Å²) >= 11 is 0. The Labute approximate surface area is 94.5 Å². The Kier molecular flexibility index (Phi) is 2.09. The second-order valence-electron chi connectivity index (χ2n) is 5.60. The van der Waals surface area contributed by atoms with Crippen molar-refractivity contribution < 1.29 is 9.59 Å². The Morgan fingerprint density at radius 1 is 0.875 bits per heavy atom. The van der Waals surface area contributed by atoms with Crippen LogP contribution < -0.4 is 21.3 Å². The highest BCUT2D eigenvalue weighted by atomic mass is 16.2. The molecular weight excluding hydrogens is 208 g/mol. The van der Waals surface area contributed by atoms with Gasteiger partial charge in [0.2, 0.25) is 0 Å². The zero-order chi connectivity index (χ0) is 12.1. The Balaban J connectivity index is 2.36. The molecule has 2 rings (SSSR count). The highest BCUT2D eigenvalue weighted by Gasteiger charge is 2.53. The van der Waals surface area contributed by atoms with Crippen molar-refractivity contribution in [1.82, 2.24) is 21.3 Å². The Morgan fingerprint density at radius 3 is 1.62 bits per heavy atom. The zero-order valence-corrected chi connectivity index (χ0v) is 9.97. The van der Waals surface area contributed by atoms with Crippen molar-refractivity contribution in [2.45, 2.75) is 44.9 Å². The SMILES string of the molecule is CC1(C)NC(=O)NC2NC(=O)NC(C)(C)C21. The van der Waals surface area contributed by atoms with Gasteiger partial charge >= 0.3 is 12.1 Å². The third kappa shape index (κ3) is 1.58. The lowest BCUT2D eigenvalue weighted by Crippen LogP contribution is -2.80. The highest BCUT2D eigenvalue weighted by Crippen LogP contribution is 2.34.